The van der Waals surface area contributed by atoms with Crippen molar-refractivity contribution in [2.75, 3.05) is 0 Å². The van der Waals surface area contributed by atoms with Gasteiger partial charge in [-0.3, -0.25) is 0 Å². The van der Waals surface area contributed by atoms with Gasteiger partial charge in [-0.25, -0.2) is 4.79 Å². The van der Waals surface area contributed by atoms with Crippen molar-refractivity contribution in [1.82, 2.24) is 0 Å². The molecule has 0 heterocycles. The fourth-order valence-corrected chi connectivity index (χ4v) is 2.31. The number of hydrogen-bond acceptors (Lipinski definition) is 2. The molecule has 0 bridgehead atoms. The molecule has 1 rings (SSSR count). The normalized spacial score (nSPS) is 11.9. The van der Waals surface area contributed by atoms with Gasteiger partial charge in [0.15, 0.2) is 0 Å². The number of carbonyl (C=O) groups is 1. The summed E-state index contributed by atoms with van der Waals surface area (Å²) >= 11 is 0. The van der Waals surface area contributed by atoms with Crippen LogP contribution in [0, 0.1) is 5.92 Å². The molecule has 0 aliphatic rings. The summed E-state index contributed by atoms with van der Waals surface area (Å²) in [5, 5.41) is 0. The summed E-state index contributed by atoms with van der Waals surface area (Å²) in [6.07, 6.45) is 6.66. The van der Waals surface area contributed by atoms with Gasteiger partial charge in [0.25, 0.3) is 0 Å². The lowest BCUT2D eigenvalue weighted by Gasteiger charge is -2.17. The lowest BCUT2D eigenvalue weighted by Crippen LogP contribution is -2.17. The number of para-hydroxylation sites is 1. The standard InChI is InChI=1S/C18H26O2/c1-4-6-8-12-16(11-5-2)15(3)18(19)20-17-13-9-7-10-14-17/h7,9-10,13-14,16H,3-6,8,11-12H2,1-2H3. The van der Waals surface area contributed by atoms with Crippen LogP contribution in [-0.2, 0) is 4.79 Å². The number of unbranched alkanes of at least 4 members (excludes halogenated alkanes) is 2. The van der Waals surface area contributed by atoms with Gasteiger partial charge in [-0.2, -0.15) is 0 Å². The SMILES string of the molecule is C=C(C(=O)Oc1ccccc1)C(CCC)CCCCC. The van der Waals surface area contributed by atoms with E-state index in [1.165, 1.54) is 12.8 Å². The zero-order chi connectivity index (χ0) is 14.8. The highest BCUT2D eigenvalue weighted by Crippen LogP contribution is 2.24. The molecule has 1 aromatic carbocycles. The van der Waals surface area contributed by atoms with Crippen LogP contribution in [0.25, 0.3) is 0 Å². The Morgan fingerprint density at radius 2 is 1.80 bits per heavy atom. The van der Waals surface area contributed by atoms with Crippen LogP contribution in [0.2, 0.25) is 0 Å². The highest BCUT2D eigenvalue weighted by atomic mass is 16.5. The van der Waals surface area contributed by atoms with E-state index in [9.17, 15) is 4.79 Å². The molecular weight excluding hydrogens is 248 g/mol. The number of ether oxygens (including phenoxy) is 1. The number of carbonyl (C=O) groups excluding carboxylic acids is 1. The van der Waals surface area contributed by atoms with Crippen molar-refractivity contribution in [3.05, 3.63) is 42.5 Å². The van der Waals surface area contributed by atoms with E-state index in [4.69, 9.17) is 4.74 Å². The van der Waals surface area contributed by atoms with Crippen molar-refractivity contribution in [2.45, 2.75) is 52.4 Å². The van der Waals surface area contributed by atoms with Crippen molar-refractivity contribution in [2.24, 2.45) is 5.92 Å². The van der Waals surface area contributed by atoms with Gasteiger partial charge >= 0.3 is 5.97 Å². The highest BCUT2D eigenvalue weighted by Gasteiger charge is 2.19. The van der Waals surface area contributed by atoms with Crippen LogP contribution in [0.1, 0.15) is 52.4 Å². The topological polar surface area (TPSA) is 26.3 Å². The number of esters is 1. The maximum Gasteiger partial charge on any atom is 0.339 e. The first kappa shape index (κ1) is 16.5. The van der Waals surface area contributed by atoms with Gasteiger partial charge in [0.05, 0.1) is 0 Å². The summed E-state index contributed by atoms with van der Waals surface area (Å²) in [7, 11) is 0. The second-order valence-electron chi connectivity index (χ2n) is 5.21. The molecule has 1 unspecified atom stereocenters. The Morgan fingerprint density at radius 1 is 1.10 bits per heavy atom. The monoisotopic (exact) mass is 274 g/mol. The van der Waals surface area contributed by atoms with Gasteiger partial charge in [-0.15, -0.1) is 0 Å². The number of hydrogen-bond donors (Lipinski definition) is 0. The summed E-state index contributed by atoms with van der Waals surface area (Å²) in [6.45, 7) is 8.30. The summed E-state index contributed by atoms with van der Waals surface area (Å²) in [5.41, 5.74) is 0.617. The van der Waals surface area contributed by atoms with Gasteiger partial charge < -0.3 is 4.74 Å². The maximum absolute atomic E-state index is 12.1. The predicted molar refractivity (Wildman–Crippen MR) is 83.8 cm³/mol. The van der Waals surface area contributed by atoms with Crippen LogP contribution in [0.15, 0.2) is 42.5 Å². The maximum atomic E-state index is 12.1. The Morgan fingerprint density at radius 3 is 2.40 bits per heavy atom. The molecule has 0 aromatic heterocycles. The first-order chi connectivity index (χ1) is 9.69. The van der Waals surface area contributed by atoms with Crippen LogP contribution in [0.4, 0.5) is 0 Å². The zero-order valence-electron chi connectivity index (χ0n) is 12.7. The van der Waals surface area contributed by atoms with Gasteiger partial charge in [0, 0.05) is 5.57 Å². The Balaban J connectivity index is 2.56. The Labute approximate surface area is 122 Å². The van der Waals surface area contributed by atoms with Crippen molar-refractivity contribution in [1.29, 1.82) is 0 Å². The first-order valence-corrected chi connectivity index (χ1v) is 7.65. The fourth-order valence-electron chi connectivity index (χ4n) is 2.31. The van der Waals surface area contributed by atoms with Crippen LogP contribution >= 0.6 is 0 Å². The highest BCUT2D eigenvalue weighted by molar-refractivity contribution is 5.90. The van der Waals surface area contributed by atoms with Crippen LogP contribution in [0.3, 0.4) is 0 Å². The third kappa shape index (κ3) is 5.60. The van der Waals surface area contributed by atoms with Crippen molar-refractivity contribution in [3.63, 3.8) is 0 Å². The molecule has 0 saturated heterocycles. The zero-order valence-corrected chi connectivity index (χ0v) is 12.7. The molecule has 2 nitrogen and oxygen atoms in total. The molecule has 0 radical (unpaired) electrons. The summed E-state index contributed by atoms with van der Waals surface area (Å²) in [6, 6.07) is 9.19. The molecule has 2 heteroatoms. The number of benzene rings is 1. The average Bonchev–Trinajstić information content (AvgIpc) is 2.47. The lowest BCUT2D eigenvalue weighted by molar-refractivity contribution is -0.130. The Bertz CT molecular complexity index is 409. The molecule has 1 aromatic rings. The molecular formula is C18H26O2. The van der Waals surface area contributed by atoms with E-state index >= 15 is 0 Å². The second kappa shape index (κ2) is 9.35. The van der Waals surface area contributed by atoms with Gasteiger partial charge in [-0.1, -0.05) is 64.3 Å². The van der Waals surface area contributed by atoms with Crippen molar-refractivity contribution in [3.8, 4) is 5.75 Å². The van der Waals surface area contributed by atoms with Crippen molar-refractivity contribution < 1.29 is 9.53 Å². The average molecular weight is 274 g/mol. The van der Waals surface area contributed by atoms with Crippen LogP contribution in [-0.4, -0.2) is 5.97 Å². The molecule has 0 aliphatic carbocycles. The van der Waals surface area contributed by atoms with E-state index in [1.54, 1.807) is 12.1 Å². The van der Waals surface area contributed by atoms with E-state index < -0.39 is 0 Å². The first-order valence-electron chi connectivity index (χ1n) is 7.65. The van der Waals surface area contributed by atoms with Crippen LogP contribution < -0.4 is 4.74 Å². The number of rotatable bonds is 9. The van der Waals surface area contributed by atoms with Gasteiger partial charge in [-0.05, 0) is 30.9 Å². The smallest absolute Gasteiger partial charge is 0.339 e. The molecule has 110 valence electrons. The summed E-state index contributed by atoms with van der Waals surface area (Å²) in [5.74, 6) is 0.552. The van der Waals surface area contributed by atoms with E-state index in [0.717, 1.165) is 25.7 Å². The molecule has 20 heavy (non-hydrogen) atoms. The molecule has 0 saturated carbocycles. The van der Waals surface area contributed by atoms with Gasteiger partial charge in [0.2, 0.25) is 0 Å². The third-order valence-electron chi connectivity index (χ3n) is 3.50. The molecule has 0 spiro atoms. The molecule has 0 aliphatic heterocycles. The Kier molecular flexibility index (Phi) is 7.71. The third-order valence-corrected chi connectivity index (χ3v) is 3.50. The fraction of sp³-hybridized carbons (Fsp3) is 0.500. The van der Waals surface area contributed by atoms with Crippen LogP contribution in [0.5, 0.6) is 5.75 Å². The minimum atomic E-state index is -0.286. The quantitative estimate of drug-likeness (QED) is 0.269. The largest absolute Gasteiger partial charge is 0.423 e. The molecule has 0 fully saturated rings. The molecule has 0 amide bonds. The van der Waals surface area contributed by atoms with E-state index in [0.29, 0.717) is 11.3 Å². The second-order valence-corrected chi connectivity index (χ2v) is 5.21. The molecule has 1 atom stereocenters. The summed E-state index contributed by atoms with van der Waals surface area (Å²) < 4.78 is 5.37. The minimum absolute atomic E-state index is 0.253. The minimum Gasteiger partial charge on any atom is -0.423 e. The molecule has 0 N–H and O–H groups in total. The predicted octanol–water partition coefficient (Wildman–Crippen LogP) is 5.14. The summed E-state index contributed by atoms with van der Waals surface area (Å²) in [4.78, 5) is 12.1. The van der Waals surface area contributed by atoms with E-state index in [-0.39, 0.29) is 11.9 Å². The van der Waals surface area contributed by atoms with E-state index in [2.05, 4.69) is 20.4 Å². The van der Waals surface area contributed by atoms with Crippen molar-refractivity contribution >= 4 is 5.97 Å². The lowest BCUT2D eigenvalue weighted by atomic mass is 9.90. The van der Waals surface area contributed by atoms with E-state index in [1.807, 2.05) is 18.2 Å². The van der Waals surface area contributed by atoms with Gasteiger partial charge in [0.1, 0.15) is 5.75 Å². The Hall–Kier alpha value is -1.57.